The van der Waals surface area contributed by atoms with Gasteiger partial charge >= 0.3 is 0 Å². The molecule has 112 valence electrons. The van der Waals surface area contributed by atoms with Crippen LogP contribution in [0.4, 0.5) is 11.4 Å². The fraction of sp³-hybridized carbons (Fsp3) is 0.294. The van der Waals surface area contributed by atoms with Crippen LogP contribution in [0.5, 0.6) is 0 Å². The molecular formula is C17H21BrN2O. The van der Waals surface area contributed by atoms with Crippen molar-refractivity contribution in [2.24, 2.45) is 0 Å². The zero-order valence-electron chi connectivity index (χ0n) is 12.7. The van der Waals surface area contributed by atoms with Crippen molar-refractivity contribution < 1.29 is 4.74 Å². The summed E-state index contributed by atoms with van der Waals surface area (Å²) in [4.78, 5) is 2.11. The molecule has 2 rings (SSSR count). The molecule has 0 fully saturated rings. The van der Waals surface area contributed by atoms with Gasteiger partial charge < -0.3 is 15.0 Å². The smallest absolute Gasteiger partial charge is 0.0716 e. The van der Waals surface area contributed by atoms with E-state index in [9.17, 15) is 0 Å². The van der Waals surface area contributed by atoms with Crippen LogP contribution in [0.2, 0.25) is 0 Å². The Labute approximate surface area is 135 Å². The van der Waals surface area contributed by atoms with E-state index in [1.165, 1.54) is 16.8 Å². The summed E-state index contributed by atoms with van der Waals surface area (Å²) in [6, 6.07) is 14.6. The lowest BCUT2D eigenvalue weighted by molar-refractivity contribution is 0.184. The molecule has 4 heteroatoms. The van der Waals surface area contributed by atoms with Gasteiger partial charge in [0.05, 0.1) is 18.0 Å². The van der Waals surface area contributed by atoms with Crippen molar-refractivity contribution in [3.8, 4) is 0 Å². The lowest BCUT2D eigenvalue weighted by Crippen LogP contribution is -2.12. The Bertz CT molecular complexity index is 599. The third-order valence-electron chi connectivity index (χ3n) is 3.33. The number of nitrogens with zero attached hydrogens (tertiary/aromatic N) is 1. The van der Waals surface area contributed by atoms with Gasteiger partial charge in [-0.2, -0.15) is 0 Å². The van der Waals surface area contributed by atoms with Gasteiger partial charge in [0.2, 0.25) is 0 Å². The molecule has 0 atom stereocenters. The van der Waals surface area contributed by atoms with E-state index in [4.69, 9.17) is 4.74 Å². The predicted octanol–water partition coefficient (Wildman–Crippen LogP) is 4.27. The third kappa shape index (κ3) is 4.22. The highest BCUT2D eigenvalue weighted by Gasteiger charge is 2.07. The van der Waals surface area contributed by atoms with Crippen molar-refractivity contribution in [2.45, 2.75) is 13.2 Å². The molecule has 0 aliphatic rings. The molecule has 0 unspecified atom stereocenters. The Morgan fingerprint density at radius 3 is 2.48 bits per heavy atom. The monoisotopic (exact) mass is 348 g/mol. The number of nitrogens with one attached hydrogen (secondary N) is 1. The maximum Gasteiger partial charge on any atom is 0.0716 e. The van der Waals surface area contributed by atoms with Gasteiger partial charge in [-0.25, -0.2) is 0 Å². The predicted molar refractivity (Wildman–Crippen MR) is 93.0 cm³/mol. The Morgan fingerprint density at radius 1 is 1.10 bits per heavy atom. The first-order valence-electron chi connectivity index (χ1n) is 6.88. The molecule has 0 saturated heterocycles. The summed E-state index contributed by atoms with van der Waals surface area (Å²) in [5, 5.41) is 3.52. The summed E-state index contributed by atoms with van der Waals surface area (Å²) in [5.41, 5.74) is 4.75. The molecule has 2 aromatic carbocycles. The van der Waals surface area contributed by atoms with Gasteiger partial charge in [-0.15, -0.1) is 0 Å². The van der Waals surface area contributed by atoms with E-state index >= 15 is 0 Å². The molecule has 0 saturated carbocycles. The van der Waals surface area contributed by atoms with E-state index in [0.29, 0.717) is 6.61 Å². The highest BCUT2D eigenvalue weighted by atomic mass is 79.9. The van der Waals surface area contributed by atoms with Gasteiger partial charge in [-0.1, -0.05) is 40.2 Å². The number of hydrogen-bond acceptors (Lipinski definition) is 3. The molecule has 0 aliphatic carbocycles. The van der Waals surface area contributed by atoms with Crippen LogP contribution in [-0.4, -0.2) is 21.2 Å². The molecule has 0 spiro atoms. The van der Waals surface area contributed by atoms with Crippen molar-refractivity contribution in [3.63, 3.8) is 0 Å². The maximum atomic E-state index is 5.26. The summed E-state index contributed by atoms with van der Waals surface area (Å²) < 4.78 is 6.33. The molecule has 2 aromatic rings. The van der Waals surface area contributed by atoms with E-state index in [-0.39, 0.29) is 0 Å². The first-order valence-corrected chi connectivity index (χ1v) is 7.67. The average Bonchev–Trinajstić information content (AvgIpc) is 2.46. The molecule has 0 aliphatic heterocycles. The quantitative estimate of drug-likeness (QED) is 0.843. The fourth-order valence-corrected chi connectivity index (χ4v) is 2.62. The summed E-state index contributed by atoms with van der Waals surface area (Å²) in [6.45, 7) is 1.41. The molecule has 0 radical (unpaired) electrons. The lowest BCUT2D eigenvalue weighted by Gasteiger charge is -2.19. The van der Waals surface area contributed by atoms with Crippen LogP contribution in [-0.2, 0) is 17.9 Å². The number of benzene rings is 2. The molecule has 0 amide bonds. The summed E-state index contributed by atoms with van der Waals surface area (Å²) in [7, 11) is 5.82. The largest absolute Gasteiger partial charge is 0.380 e. The number of ether oxygens (including phenoxy) is 1. The van der Waals surface area contributed by atoms with Gasteiger partial charge in [0.1, 0.15) is 0 Å². The van der Waals surface area contributed by atoms with Crippen LogP contribution in [0.3, 0.4) is 0 Å². The minimum atomic E-state index is 0.636. The normalized spacial score (nSPS) is 10.5. The van der Waals surface area contributed by atoms with E-state index in [1.807, 2.05) is 20.2 Å². The van der Waals surface area contributed by atoms with Gasteiger partial charge in [0.15, 0.2) is 0 Å². The van der Waals surface area contributed by atoms with Crippen LogP contribution in [0, 0.1) is 0 Å². The van der Waals surface area contributed by atoms with Crippen LogP contribution < -0.4 is 10.2 Å². The van der Waals surface area contributed by atoms with E-state index < -0.39 is 0 Å². The standard InChI is InChI=1S/C17H21BrN2O/c1-20(2)17-9-8-15(18)10-16(17)19-11-13-6-4-5-7-14(13)12-21-3/h4-10,19H,11-12H2,1-3H3. The summed E-state index contributed by atoms with van der Waals surface area (Å²) >= 11 is 3.53. The number of rotatable bonds is 6. The molecule has 3 nitrogen and oxygen atoms in total. The average molecular weight is 349 g/mol. The zero-order valence-corrected chi connectivity index (χ0v) is 14.3. The number of halogens is 1. The lowest BCUT2D eigenvalue weighted by atomic mass is 10.1. The molecule has 21 heavy (non-hydrogen) atoms. The third-order valence-corrected chi connectivity index (χ3v) is 3.82. The van der Waals surface area contributed by atoms with Crippen LogP contribution >= 0.6 is 15.9 Å². The molecule has 0 aromatic heterocycles. The van der Waals surface area contributed by atoms with Gasteiger partial charge in [0, 0.05) is 32.2 Å². The fourth-order valence-electron chi connectivity index (χ4n) is 2.26. The van der Waals surface area contributed by atoms with Crippen LogP contribution in [0.15, 0.2) is 46.9 Å². The van der Waals surface area contributed by atoms with Crippen molar-refractivity contribution in [3.05, 3.63) is 58.1 Å². The van der Waals surface area contributed by atoms with Crippen LogP contribution in [0.1, 0.15) is 11.1 Å². The Balaban J connectivity index is 2.18. The Morgan fingerprint density at radius 2 is 1.81 bits per heavy atom. The van der Waals surface area contributed by atoms with Crippen molar-refractivity contribution in [1.82, 2.24) is 0 Å². The van der Waals surface area contributed by atoms with E-state index in [2.05, 4.69) is 62.5 Å². The summed E-state index contributed by atoms with van der Waals surface area (Å²) in [5.74, 6) is 0. The molecule has 1 N–H and O–H groups in total. The topological polar surface area (TPSA) is 24.5 Å². The Kier molecular flexibility index (Phi) is 5.65. The minimum Gasteiger partial charge on any atom is -0.380 e. The molecule has 0 bridgehead atoms. The second kappa shape index (κ2) is 7.48. The number of hydrogen-bond donors (Lipinski definition) is 1. The van der Waals surface area contributed by atoms with Gasteiger partial charge in [-0.05, 0) is 29.3 Å². The second-order valence-electron chi connectivity index (χ2n) is 5.11. The van der Waals surface area contributed by atoms with Crippen molar-refractivity contribution in [2.75, 3.05) is 31.4 Å². The van der Waals surface area contributed by atoms with Crippen molar-refractivity contribution in [1.29, 1.82) is 0 Å². The number of anilines is 2. The zero-order chi connectivity index (χ0) is 15.2. The minimum absolute atomic E-state index is 0.636. The SMILES string of the molecule is COCc1ccccc1CNc1cc(Br)ccc1N(C)C. The first-order chi connectivity index (χ1) is 10.1. The molecular weight excluding hydrogens is 328 g/mol. The second-order valence-corrected chi connectivity index (χ2v) is 6.03. The van der Waals surface area contributed by atoms with Crippen molar-refractivity contribution >= 4 is 27.3 Å². The Hall–Kier alpha value is -1.52. The highest BCUT2D eigenvalue weighted by molar-refractivity contribution is 9.10. The van der Waals surface area contributed by atoms with Gasteiger partial charge in [0.25, 0.3) is 0 Å². The van der Waals surface area contributed by atoms with Gasteiger partial charge in [-0.3, -0.25) is 0 Å². The maximum absolute atomic E-state index is 5.26. The number of methoxy groups -OCH3 is 1. The summed E-state index contributed by atoms with van der Waals surface area (Å²) in [6.07, 6.45) is 0. The van der Waals surface area contributed by atoms with Crippen LogP contribution in [0.25, 0.3) is 0 Å². The first kappa shape index (κ1) is 15.9. The van der Waals surface area contributed by atoms with E-state index in [0.717, 1.165) is 16.7 Å². The van der Waals surface area contributed by atoms with E-state index in [1.54, 1.807) is 7.11 Å². The molecule has 0 heterocycles. The highest BCUT2D eigenvalue weighted by Crippen LogP contribution is 2.28.